The highest BCUT2D eigenvalue weighted by molar-refractivity contribution is 5.16. The third-order valence-corrected chi connectivity index (χ3v) is 1.31. The normalized spacial score (nSPS) is 12.5. The van der Waals surface area contributed by atoms with E-state index < -0.39 is 0 Å². The SMILES string of the molecule is CC/C=C\C(=C/NC)CC. The maximum absolute atomic E-state index is 3.01. The van der Waals surface area contributed by atoms with E-state index in [0.29, 0.717) is 0 Å². The van der Waals surface area contributed by atoms with E-state index in [0.717, 1.165) is 12.8 Å². The van der Waals surface area contributed by atoms with Gasteiger partial charge in [-0.3, -0.25) is 0 Å². The highest BCUT2D eigenvalue weighted by Gasteiger charge is 1.83. The van der Waals surface area contributed by atoms with Gasteiger partial charge in [-0.15, -0.1) is 0 Å². The molecule has 0 radical (unpaired) electrons. The second kappa shape index (κ2) is 6.40. The van der Waals surface area contributed by atoms with E-state index in [9.17, 15) is 0 Å². The van der Waals surface area contributed by atoms with Crippen LogP contribution in [-0.4, -0.2) is 7.05 Å². The maximum Gasteiger partial charge on any atom is 0.00278 e. The molecule has 10 heavy (non-hydrogen) atoms. The highest BCUT2D eigenvalue weighted by atomic mass is 14.8. The van der Waals surface area contributed by atoms with Crippen LogP contribution in [0.1, 0.15) is 26.7 Å². The van der Waals surface area contributed by atoms with Crippen LogP contribution in [0.2, 0.25) is 0 Å². The number of nitrogens with one attached hydrogen (secondary N) is 1. The van der Waals surface area contributed by atoms with Gasteiger partial charge in [0.2, 0.25) is 0 Å². The van der Waals surface area contributed by atoms with Gasteiger partial charge in [-0.25, -0.2) is 0 Å². The lowest BCUT2D eigenvalue weighted by Crippen LogP contribution is -1.94. The van der Waals surface area contributed by atoms with Crippen LogP contribution in [0.3, 0.4) is 0 Å². The molecule has 0 rings (SSSR count). The zero-order valence-electron chi connectivity index (χ0n) is 7.15. The minimum Gasteiger partial charge on any atom is -0.394 e. The Kier molecular flexibility index (Phi) is 5.94. The lowest BCUT2D eigenvalue weighted by Gasteiger charge is -1.95. The van der Waals surface area contributed by atoms with Gasteiger partial charge in [0.05, 0.1) is 0 Å². The molecule has 0 aliphatic heterocycles. The van der Waals surface area contributed by atoms with Crippen molar-refractivity contribution in [1.82, 2.24) is 5.32 Å². The summed E-state index contributed by atoms with van der Waals surface area (Å²) in [4.78, 5) is 0. The van der Waals surface area contributed by atoms with Crippen LogP contribution in [0.15, 0.2) is 23.9 Å². The second-order valence-electron chi connectivity index (χ2n) is 2.17. The van der Waals surface area contributed by atoms with Gasteiger partial charge in [0.25, 0.3) is 0 Å². The topological polar surface area (TPSA) is 12.0 Å². The van der Waals surface area contributed by atoms with Crippen molar-refractivity contribution in [2.24, 2.45) is 0 Å². The first kappa shape index (κ1) is 9.28. The highest BCUT2D eigenvalue weighted by Crippen LogP contribution is 2.00. The number of allylic oxidation sites excluding steroid dienone is 3. The zero-order chi connectivity index (χ0) is 7.82. The molecule has 0 bridgehead atoms. The van der Waals surface area contributed by atoms with E-state index in [1.165, 1.54) is 5.57 Å². The fraction of sp³-hybridized carbons (Fsp3) is 0.556. The van der Waals surface area contributed by atoms with Crippen LogP contribution >= 0.6 is 0 Å². The summed E-state index contributed by atoms with van der Waals surface area (Å²) in [5.41, 5.74) is 1.35. The van der Waals surface area contributed by atoms with E-state index in [2.05, 4.69) is 31.3 Å². The molecule has 0 atom stereocenters. The predicted molar refractivity (Wildman–Crippen MR) is 46.9 cm³/mol. The molecule has 0 saturated carbocycles. The van der Waals surface area contributed by atoms with Crippen LogP contribution in [0.5, 0.6) is 0 Å². The number of hydrogen-bond donors (Lipinski definition) is 1. The Morgan fingerprint density at radius 3 is 2.50 bits per heavy atom. The van der Waals surface area contributed by atoms with Gasteiger partial charge in [0.15, 0.2) is 0 Å². The van der Waals surface area contributed by atoms with Crippen molar-refractivity contribution in [1.29, 1.82) is 0 Å². The summed E-state index contributed by atoms with van der Waals surface area (Å²) < 4.78 is 0. The molecule has 1 nitrogen and oxygen atoms in total. The van der Waals surface area contributed by atoms with Gasteiger partial charge in [0, 0.05) is 7.05 Å². The molecule has 1 N–H and O–H groups in total. The van der Waals surface area contributed by atoms with E-state index in [1.54, 1.807) is 0 Å². The molecule has 0 aromatic carbocycles. The fourth-order valence-corrected chi connectivity index (χ4v) is 0.723. The third kappa shape index (κ3) is 4.19. The van der Waals surface area contributed by atoms with E-state index >= 15 is 0 Å². The Morgan fingerprint density at radius 2 is 2.10 bits per heavy atom. The summed E-state index contributed by atoms with van der Waals surface area (Å²) in [6, 6.07) is 0. The van der Waals surface area contributed by atoms with Crippen molar-refractivity contribution in [2.75, 3.05) is 7.05 Å². The molecular weight excluding hydrogens is 122 g/mol. The van der Waals surface area contributed by atoms with Gasteiger partial charge in [-0.05, 0) is 24.6 Å². The van der Waals surface area contributed by atoms with Gasteiger partial charge in [-0.1, -0.05) is 26.0 Å². The summed E-state index contributed by atoms with van der Waals surface area (Å²) in [5.74, 6) is 0. The largest absolute Gasteiger partial charge is 0.394 e. The molecule has 0 aliphatic rings. The van der Waals surface area contributed by atoms with E-state index in [1.807, 2.05) is 13.2 Å². The standard InChI is InChI=1S/C9H17N/c1-4-6-7-9(5-2)8-10-3/h6-8,10H,4-5H2,1-3H3/b7-6-,9-8-. The van der Waals surface area contributed by atoms with Crippen LogP contribution in [0.25, 0.3) is 0 Å². The van der Waals surface area contributed by atoms with Crippen LogP contribution in [0.4, 0.5) is 0 Å². The molecule has 0 amide bonds. The quantitative estimate of drug-likeness (QED) is 0.590. The van der Waals surface area contributed by atoms with Crippen molar-refractivity contribution in [3.8, 4) is 0 Å². The Morgan fingerprint density at radius 1 is 1.40 bits per heavy atom. The minimum atomic E-state index is 1.09. The van der Waals surface area contributed by atoms with Crippen molar-refractivity contribution < 1.29 is 0 Å². The first-order valence-electron chi connectivity index (χ1n) is 3.88. The monoisotopic (exact) mass is 139 g/mol. The first-order valence-corrected chi connectivity index (χ1v) is 3.88. The molecule has 0 spiro atoms. The minimum absolute atomic E-state index is 1.09. The molecule has 0 saturated heterocycles. The summed E-state index contributed by atoms with van der Waals surface area (Å²) in [6.45, 7) is 4.30. The second-order valence-corrected chi connectivity index (χ2v) is 2.17. The van der Waals surface area contributed by atoms with Crippen molar-refractivity contribution in [3.05, 3.63) is 23.9 Å². The molecule has 0 aromatic heterocycles. The van der Waals surface area contributed by atoms with E-state index in [4.69, 9.17) is 0 Å². The lowest BCUT2D eigenvalue weighted by molar-refractivity contribution is 1.03. The number of rotatable bonds is 4. The first-order chi connectivity index (χ1) is 4.85. The Labute approximate surface area is 63.8 Å². The van der Waals surface area contributed by atoms with Gasteiger partial charge in [-0.2, -0.15) is 0 Å². The smallest absolute Gasteiger partial charge is 0.00278 e. The lowest BCUT2D eigenvalue weighted by atomic mass is 10.2. The molecule has 0 aromatic rings. The molecule has 0 fully saturated rings. The molecule has 0 unspecified atom stereocenters. The van der Waals surface area contributed by atoms with Crippen molar-refractivity contribution >= 4 is 0 Å². The van der Waals surface area contributed by atoms with Crippen molar-refractivity contribution in [3.63, 3.8) is 0 Å². The van der Waals surface area contributed by atoms with Gasteiger partial charge in [0.1, 0.15) is 0 Å². The average molecular weight is 139 g/mol. The summed E-state index contributed by atoms with van der Waals surface area (Å²) >= 11 is 0. The molecule has 1 heteroatoms. The Bertz CT molecular complexity index is 123. The predicted octanol–water partition coefficient (Wildman–Crippen LogP) is 2.47. The Hall–Kier alpha value is -0.720. The van der Waals surface area contributed by atoms with Crippen LogP contribution < -0.4 is 5.32 Å². The molecule has 0 heterocycles. The number of hydrogen-bond acceptors (Lipinski definition) is 1. The van der Waals surface area contributed by atoms with Crippen LogP contribution in [0, 0.1) is 0 Å². The third-order valence-electron chi connectivity index (χ3n) is 1.31. The van der Waals surface area contributed by atoms with Crippen LogP contribution in [-0.2, 0) is 0 Å². The molecule has 0 aliphatic carbocycles. The molecule has 58 valence electrons. The summed E-state index contributed by atoms with van der Waals surface area (Å²) in [7, 11) is 1.93. The zero-order valence-corrected chi connectivity index (χ0v) is 7.15. The van der Waals surface area contributed by atoms with E-state index in [-0.39, 0.29) is 0 Å². The molecular formula is C9H17N. The van der Waals surface area contributed by atoms with Crippen molar-refractivity contribution in [2.45, 2.75) is 26.7 Å². The fourth-order valence-electron chi connectivity index (χ4n) is 0.723. The summed E-state index contributed by atoms with van der Waals surface area (Å²) in [5, 5.41) is 3.01. The Balaban J connectivity index is 3.82. The van der Waals surface area contributed by atoms with Gasteiger partial charge < -0.3 is 5.32 Å². The van der Waals surface area contributed by atoms with Gasteiger partial charge >= 0.3 is 0 Å². The summed E-state index contributed by atoms with van der Waals surface area (Å²) in [6.07, 6.45) is 8.58. The average Bonchev–Trinajstić information content (AvgIpc) is 1.98. The maximum atomic E-state index is 3.01.